The van der Waals surface area contributed by atoms with E-state index in [0.717, 1.165) is 18.7 Å². The molecule has 2 saturated heterocycles. The fourth-order valence-electron chi connectivity index (χ4n) is 4.03. The highest BCUT2D eigenvalue weighted by Crippen LogP contribution is 2.37. The highest BCUT2D eigenvalue weighted by Gasteiger charge is 2.39. The van der Waals surface area contributed by atoms with E-state index in [0.29, 0.717) is 18.1 Å². The summed E-state index contributed by atoms with van der Waals surface area (Å²) in [5.41, 5.74) is 8.36. The van der Waals surface area contributed by atoms with Crippen LogP contribution < -0.4 is 11.1 Å². The summed E-state index contributed by atoms with van der Waals surface area (Å²) in [6.45, 7) is 12.3. The molecule has 2 amide bonds. The molecule has 0 saturated carbocycles. The van der Waals surface area contributed by atoms with Crippen LogP contribution >= 0.6 is 11.8 Å². The molecular weight excluding hydrogens is 434 g/mol. The van der Waals surface area contributed by atoms with Crippen molar-refractivity contribution < 1.29 is 9.59 Å². The molecule has 0 spiro atoms. The molecule has 1 aromatic rings. The zero-order valence-corrected chi connectivity index (χ0v) is 21.5. The van der Waals surface area contributed by atoms with Crippen molar-refractivity contribution >= 4 is 29.3 Å². The largest absolute Gasteiger partial charge is 0.392 e. The first kappa shape index (κ1) is 25.4. The Balaban J connectivity index is 1.60. The monoisotopic (exact) mass is 473 g/mol. The van der Waals surface area contributed by atoms with Crippen molar-refractivity contribution in [3.63, 3.8) is 0 Å². The second-order valence-electron chi connectivity index (χ2n) is 9.82. The minimum atomic E-state index is -0.353. The van der Waals surface area contributed by atoms with Gasteiger partial charge in [0.1, 0.15) is 16.0 Å². The van der Waals surface area contributed by atoms with E-state index in [1.807, 2.05) is 27.7 Å². The van der Waals surface area contributed by atoms with Crippen molar-refractivity contribution in [2.45, 2.75) is 57.7 Å². The molecular formula is C25H39N5O2S. The van der Waals surface area contributed by atoms with Crippen molar-refractivity contribution in [2.24, 2.45) is 5.73 Å². The molecule has 8 heteroatoms. The van der Waals surface area contributed by atoms with Gasteiger partial charge in [-0.1, -0.05) is 23.9 Å². The van der Waals surface area contributed by atoms with Crippen LogP contribution in [0.3, 0.4) is 0 Å². The van der Waals surface area contributed by atoms with Crippen LogP contribution in [0.2, 0.25) is 0 Å². The highest BCUT2D eigenvalue weighted by atomic mass is 32.2. The molecule has 182 valence electrons. The van der Waals surface area contributed by atoms with Gasteiger partial charge in [0.15, 0.2) is 0 Å². The predicted molar refractivity (Wildman–Crippen MR) is 137 cm³/mol. The van der Waals surface area contributed by atoms with Crippen LogP contribution in [-0.2, 0) is 16.0 Å². The van der Waals surface area contributed by atoms with E-state index in [1.54, 1.807) is 16.8 Å². The molecule has 2 fully saturated rings. The number of anilines is 1. The van der Waals surface area contributed by atoms with Gasteiger partial charge in [0.05, 0.1) is 0 Å². The van der Waals surface area contributed by atoms with E-state index in [2.05, 4.69) is 34.5 Å². The van der Waals surface area contributed by atoms with Crippen LogP contribution in [0.1, 0.15) is 46.1 Å². The zero-order chi connectivity index (χ0) is 24.2. The third kappa shape index (κ3) is 6.23. The second kappa shape index (κ2) is 10.8. The van der Waals surface area contributed by atoms with Crippen LogP contribution in [0.25, 0.3) is 0 Å². The first-order valence-electron chi connectivity index (χ1n) is 11.9. The summed E-state index contributed by atoms with van der Waals surface area (Å²) < 4.78 is 0. The standard InChI is InChI=1S/C25H39N5O2S/c1-6-30-22(31)20(33-24(30)21(26)23(32)28(5)25(2,3)4)17-27-19-11-9-18(10-12-19)13-16-29-14-7-8-15-29/h9-12,20,27H,6-8,13-17,26H2,1-5H3/b24-21+/t20-/m1/s1. The van der Waals surface area contributed by atoms with Crippen LogP contribution in [0.4, 0.5) is 5.69 Å². The van der Waals surface area contributed by atoms with Gasteiger partial charge in [0.25, 0.3) is 5.91 Å². The fraction of sp³-hybridized carbons (Fsp3) is 0.600. The lowest BCUT2D eigenvalue weighted by molar-refractivity contribution is -0.130. The molecule has 2 aliphatic heterocycles. The summed E-state index contributed by atoms with van der Waals surface area (Å²) in [5, 5.41) is 3.63. The second-order valence-corrected chi connectivity index (χ2v) is 11.0. The van der Waals surface area contributed by atoms with Gasteiger partial charge < -0.3 is 25.8 Å². The van der Waals surface area contributed by atoms with E-state index >= 15 is 0 Å². The van der Waals surface area contributed by atoms with Gasteiger partial charge in [-0.3, -0.25) is 9.59 Å². The SMILES string of the molecule is CCN1C(=O)[C@@H](CNc2ccc(CCN3CCCC3)cc2)S/C1=C(/N)C(=O)N(C)C(C)(C)C. The summed E-state index contributed by atoms with van der Waals surface area (Å²) in [6, 6.07) is 8.47. The molecule has 0 radical (unpaired) electrons. The van der Waals surface area contributed by atoms with Crippen molar-refractivity contribution in [3.05, 3.63) is 40.6 Å². The summed E-state index contributed by atoms with van der Waals surface area (Å²) in [6.07, 6.45) is 3.70. The normalized spacial score (nSPS) is 20.9. The molecule has 0 unspecified atom stereocenters. The van der Waals surface area contributed by atoms with Gasteiger partial charge in [0, 0.05) is 37.9 Å². The number of likely N-dealkylation sites (N-methyl/N-ethyl adjacent to an activating group) is 1. The van der Waals surface area contributed by atoms with E-state index < -0.39 is 0 Å². The molecule has 3 N–H and O–H groups in total. The van der Waals surface area contributed by atoms with E-state index in [1.165, 1.54) is 43.3 Å². The minimum absolute atomic E-state index is 0.0126. The number of benzene rings is 1. The minimum Gasteiger partial charge on any atom is -0.392 e. The molecule has 0 aromatic heterocycles. The molecule has 3 rings (SSSR count). The topological polar surface area (TPSA) is 81.9 Å². The molecule has 2 aliphatic rings. The first-order chi connectivity index (χ1) is 15.6. The number of nitrogens with zero attached hydrogens (tertiary/aromatic N) is 3. The van der Waals surface area contributed by atoms with Gasteiger partial charge in [-0.25, -0.2) is 0 Å². The molecule has 33 heavy (non-hydrogen) atoms. The number of rotatable bonds is 8. The highest BCUT2D eigenvalue weighted by molar-refractivity contribution is 8.04. The van der Waals surface area contributed by atoms with Crippen molar-refractivity contribution in [1.29, 1.82) is 0 Å². The van der Waals surface area contributed by atoms with Crippen LogP contribution in [-0.4, -0.2) is 77.1 Å². The van der Waals surface area contributed by atoms with Crippen molar-refractivity contribution in [3.8, 4) is 0 Å². The Bertz CT molecular complexity index is 872. The Morgan fingerprint density at radius 3 is 2.42 bits per heavy atom. The van der Waals surface area contributed by atoms with Gasteiger partial charge in [-0.15, -0.1) is 0 Å². The maximum absolute atomic E-state index is 13.0. The van der Waals surface area contributed by atoms with Gasteiger partial charge in [-0.05, 0) is 77.7 Å². The number of carbonyl (C=O) groups is 2. The maximum atomic E-state index is 13.0. The number of amides is 2. The number of likely N-dealkylation sites (tertiary alicyclic amines) is 1. The fourth-order valence-corrected chi connectivity index (χ4v) is 5.25. The van der Waals surface area contributed by atoms with Crippen LogP contribution in [0.15, 0.2) is 35.0 Å². The lowest BCUT2D eigenvalue weighted by Gasteiger charge is -2.32. The number of carbonyl (C=O) groups excluding carboxylic acids is 2. The number of thioether (sulfide) groups is 1. The Morgan fingerprint density at radius 2 is 1.85 bits per heavy atom. The Hall–Kier alpha value is -2.19. The molecule has 0 bridgehead atoms. The van der Waals surface area contributed by atoms with Crippen LogP contribution in [0.5, 0.6) is 0 Å². The van der Waals surface area contributed by atoms with E-state index in [-0.39, 0.29) is 28.3 Å². The quantitative estimate of drug-likeness (QED) is 0.565. The number of hydrogen-bond acceptors (Lipinski definition) is 6. The van der Waals surface area contributed by atoms with Crippen molar-refractivity contribution in [2.75, 3.05) is 45.1 Å². The predicted octanol–water partition coefficient (Wildman–Crippen LogP) is 3.09. The maximum Gasteiger partial charge on any atom is 0.272 e. The summed E-state index contributed by atoms with van der Waals surface area (Å²) >= 11 is 1.38. The molecule has 7 nitrogen and oxygen atoms in total. The Labute approximate surface area is 202 Å². The summed E-state index contributed by atoms with van der Waals surface area (Å²) in [5.74, 6) is -0.268. The third-order valence-electron chi connectivity index (χ3n) is 6.49. The number of hydrogen-bond donors (Lipinski definition) is 2. The molecule has 1 atom stereocenters. The summed E-state index contributed by atoms with van der Waals surface area (Å²) in [7, 11) is 1.74. The van der Waals surface area contributed by atoms with Gasteiger partial charge >= 0.3 is 0 Å². The van der Waals surface area contributed by atoms with E-state index in [4.69, 9.17) is 5.73 Å². The van der Waals surface area contributed by atoms with Gasteiger partial charge in [-0.2, -0.15) is 0 Å². The first-order valence-corrected chi connectivity index (χ1v) is 12.8. The number of nitrogens with one attached hydrogen (secondary N) is 1. The Morgan fingerprint density at radius 1 is 1.21 bits per heavy atom. The van der Waals surface area contributed by atoms with Crippen molar-refractivity contribution in [1.82, 2.24) is 14.7 Å². The molecule has 1 aromatic carbocycles. The third-order valence-corrected chi connectivity index (χ3v) is 7.81. The van der Waals surface area contributed by atoms with E-state index in [9.17, 15) is 9.59 Å². The molecule has 0 aliphatic carbocycles. The lowest BCUT2D eigenvalue weighted by atomic mass is 10.1. The average Bonchev–Trinajstić information content (AvgIpc) is 3.42. The Kier molecular flexibility index (Phi) is 8.34. The number of nitrogens with two attached hydrogens (primary N) is 1. The lowest BCUT2D eigenvalue weighted by Crippen LogP contribution is -2.45. The molecule has 2 heterocycles. The zero-order valence-electron chi connectivity index (χ0n) is 20.7. The smallest absolute Gasteiger partial charge is 0.272 e. The summed E-state index contributed by atoms with van der Waals surface area (Å²) in [4.78, 5) is 31.6. The van der Waals surface area contributed by atoms with Gasteiger partial charge in [0.2, 0.25) is 5.91 Å². The van der Waals surface area contributed by atoms with Crippen LogP contribution in [0, 0.1) is 0 Å². The average molecular weight is 474 g/mol.